The highest BCUT2D eigenvalue weighted by Crippen LogP contribution is 2.21. The van der Waals surface area contributed by atoms with Crippen LogP contribution < -0.4 is 5.32 Å². The smallest absolute Gasteiger partial charge is 0.137 e. The highest BCUT2D eigenvalue weighted by Gasteiger charge is 2.11. The molecule has 2 heterocycles. The summed E-state index contributed by atoms with van der Waals surface area (Å²) in [5.41, 5.74) is 0.836. The summed E-state index contributed by atoms with van der Waals surface area (Å²) >= 11 is 5.91. The second-order valence-corrected chi connectivity index (χ2v) is 3.84. The van der Waals surface area contributed by atoms with Gasteiger partial charge in [0.15, 0.2) is 0 Å². The molecule has 0 aliphatic heterocycles. The zero-order valence-corrected chi connectivity index (χ0v) is 9.78. The van der Waals surface area contributed by atoms with Gasteiger partial charge in [0.2, 0.25) is 0 Å². The van der Waals surface area contributed by atoms with Crippen molar-refractivity contribution >= 4 is 17.4 Å². The van der Waals surface area contributed by atoms with Gasteiger partial charge in [-0.3, -0.25) is 0 Å². The van der Waals surface area contributed by atoms with Crippen LogP contribution in [-0.4, -0.2) is 19.9 Å². The van der Waals surface area contributed by atoms with Crippen LogP contribution in [0.2, 0.25) is 5.15 Å². The molecule has 1 unspecified atom stereocenters. The third kappa shape index (κ3) is 2.14. The van der Waals surface area contributed by atoms with Crippen molar-refractivity contribution in [2.45, 2.75) is 19.9 Å². The van der Waals surface area contributed by atoms with Gasteiger partial charge in [-0.15, -0.1) is 0 Å². The van der Waals surface area contributed by atoms with Crippen LogP contribution in [0.4, 0.5) is 5.82 Å². The lowest BCUT2D eigenvalue weighted by atomic mass is 10.3. The van der Waals surface area contributed by atoms with Gasteiger partial charge < -0.3 is 10.3 Å². The Labute approximate surface area is 98.3 Å². The molecular weight excluding hydrogens is 226 g/mol. The molecule has 0 radical (unpaired) electrons. The molecule has 5 nitrogen and oxygen atoms in total. The summed E-state index contributed by atoms with van der Waals surface area (Å²) in [4.78, 5) is 15.3. The van der Waals surface area contributed by atoms with Crippen molar-refractivity contribution < 1.29 is 0 Å². The van der Waals surface area contributed by atoms with Gasteiger partial charge in [-0.1, -0.05) is 11.6 Å². The number of imidazole rings is 1. The van der Waals surface area contributed by atoms with E-state index in [0.29, 0.717) is 5.15 Å². The molecule has 2 N–H and O–H groups in total. The number of aromatic nitrogens is 4. The van der Waals surface area contributed by atoms with E-state index in [-0.39, 0.29) is 6.04 Å². The Morgan fingerprint density at radius 3 is 2.88 bits per heavy atom. The lowest BCUT2D eigenvalue weighted by Gasteiger charge is -2.13. The average Bonchev–Trinajstić information content (AvgIpc) is 2.78. The highest BCUT2D eigenvalue weighted by molar-refractivity contribution is 6.30. The van der Waals surface area contributed by atoms with Gasteiger partial charge in [-0.05, 0) is 13.8 Å². The fraction of sp³-hybridized carbons (Fsp3) is 0.300. The maximum Gasteiger partial charge on any atom is 0.137 e. The Morgan fingerprint density at radius 2 is 2.19 bits per heavy atom. The minimum Gasteiger partial charge on any atom is -0.360 e. The number of hydrogen-bond acceptors (Lipinski definition) is 4. The first-order valence-corrected chi connectivity index (χ1v) is 5.29. The second kappa shape index (κ2) is 4.49. The van der Waals surface area contributed by atoms with Crippen LogP contribution in [0.25, 0.3) is 0 Å². The number of H-pyrrole nitrogens is 1. The molecule has 0 saturated heterocycles. The van der Waals surface area contributed by atoms with Gasteiger partial charge in [0.25, 0.3) is 0 Å². The van der Waals surface area contributed by atoms with Crippen LogP contribution in [0.15, 0.2) is 18.7 Å². The van der Waals surface area contributed by atoms with E-state index in [1.54, 1.807) is 12.4 Å². The van der Waals surface area contributed by atoms with Crippen LogP contribution in [0.5, 0.6) is 0 Å². The molecule has 0 aliphatic rings. The standard InChI is InChI=1S/C10H12ClN5/c1-6-8(11)14-5-15-9(6)16-7(2)10-12-3-4-13-10/h3-5,7H,1-2H3,(H,12,13)(H,14,15,16). The predicted octanol–water partition coefficient (Wildman–Crippen LogP) is 2.33. The Bertz CT molecular complexity index is 468. The van der Waals surface area contributed by atoms with E-state index in [9.17, 15) is 0 Å². The fourth-order valence-electron chi connectivity index (χ4n) is 1.36. The number of anilines is 1. The minimum absolute atomic E-state index is 0.0414. The zero-order chi connectivity index (χ0) is 11.5. The van der Waals surface area contributed by atoms with Crippen LogP contribution >= 0.6 is 11.6 Å². The summed E-state index contributed by atoms with van der Waals surface area (Å²) in [6, 6.07) is 0.0414. The van der Waals surface area contributed by atoms with Gasteiger partial charge in [0.05, 0.1) is 6.04 Å². The molecule has 0 fully saturated rings. The first-order chi connectivity index (χ1) is 7.68. The molecule has 16 heavy (non-hydrogen) atoms. The van der Waals surface area contributed by atoms with Crippen LogP contribution in [-0.2, 0) is 0 Å². The molecule has 2 aromatic rings. The molecule has 2 aromatic heterocycles. The molecular formula is C10H12ClN5. The highest BCUT2D eigenvalue weighted by atomic mass is 35.5. The van der Waals surface area contributed by atoms with E-state index in [2.05, 4.69) is 25.3 Å². The molecule has 6 heteroatoms. The SMILES string of the molecule is Cc1c(Cl)ncnc1NC(C)c1ncc[nH]1. The Balaban J connectivity index is 2.18. The van der Waals surface area contributed by atoms with E-state index >= 15 is 0 Å². The maximum absolute atomic E-state index is 5.91. The predicted molar refractivity (Wildman–Crippen MR) is 62.4 cm³/mol. The van der Waals surface area contributed by atoms with Crippen molar-refractivity contribution in [2.75, 3.05) is 5.32 Å². The minimum atomic E-state index is 0.0414. The molecule has 1 atom stereocenters. The van der Waals surface area contributed by atoms with Gasteiger partial charge in [0, 0.05) is 18.0 Å². The van der Waals surface area contributed by atoms with E-state index in [1.807, 2.05) is 13.8 Å². The molecule has 0 aromatic carbocycles. The number of nitrogens with one attached hydrogen (secondary N) is 2. The van der Waals surface area contributed by atoms with Crippen molar-refractivity contribution in [1.82, 2.24) is 19.9 Å². The molecule has 84 valence electrons. The molecule has 0 bridgehead atoms. The van der Waals surface area contributed by atoms with Crippen molar-refractivity contribution in [3.63, 3.8) is 0 Å². The summed E-state index contributed by atoms with van der Waals surface area (Å²) in [7, 11) is 0. The lowest BCUT2D eigenvalue weighted by molar-refractivity contribution is 0.800. The number of nitrogens with zero attached hydrogens (tertiary/aromatic N) is 3. The normalized spacial score (nSPS) is 12.4. The quantitative estimate of drug-likeness (QED) is 0.805. The topological polar surface area (TPSA) is 66.5 Å². The van der Waals surface area contributed by atoms with E-state index in [1.165, 1.54) is 6.33 Å². The Kier molecular flexibility index (Phi) is 3.05. The fourth-order valence-corrected chi connectivity index (χ4v) is 1.50. The monoisotopic (exact) mass is 237 g/mol. The van der Waals surface area contributed by atoms with Crippen molar-refractivity contribution in [2.24, 2.45) is 0 Å². The second-order valence-electron chi connectivity index (χ2n) is 3.48. The largest absolute Gasteiger partial charge is 0.360 e. The first-order valence-electron chi connectivity index (χ1n) is 4.91. The van der Waals surface area contributed by atoms with Crippen molar-refractivity contribution in [3.8, 4) is 0 Å². The third-order valence-corrected chi connectivity index (χ3v) is 2.69. The summed E-state index contributed by atoms with van der Waals surface area (Å²) in [5, 5.41) is 3.69. The van der Waals surface area contributed by atoms with Crippen LogP contribution in [0.3, 0.4) is 0 Å². The third-order valence-electron chi connectivity index (χ3n) is 2.31. The average molecular weight is 238 g/mol. The van der Waals surface area contributed by atoms with E-state index in [0.717, 1.165) is 17.2 Å². The van der Waals surface area contributed by atoms with E-state index in [4.69, 9.17) is 11.6 Å². The van der Waals surface area contributed by atoms with Gasteiger partial charge in [-0.25, -0.2) is 15.0 Å². The molecule has 0 amide bonds. The molecule has 0 saturated carbocycles. The summed E-state index contributed by atoms with van der Waals surface area (Å²) < 4.78 is 0. The first kappa shape index (κ1) is 10.9. The summed E-state index contributed by atoms with van der Waals surface area (Å²) in [6.45, 7) is 3.87. The molecule has 0 spiro atoms. The summed E-state index contributed by atoms with van der Waals surface area (Å²) in [5.74, 6) is 1.58. The Hall–Kier alpha value is -1.62. The van der Waals surface area contributed by atoms with Gasteiger partial charge in [0.1, 0.15) is 23.1 Å². The van der Waals surface area contributed by atoms with Crippen molar-refractivity contribution in [1.29, 1.82) is 0 Å². The zero-order valence-electron chi connectivity index (χ0n) is 9.03. The van der Waals surface area contributed by atoms with E-state index < -0.39 is 0 Å². The van der Waals surface area contributed by atoms with Gasteiger partial charge >= 0.3 is 0 Å². The molecule has 2 rings (SSSR count). The van der Waals surface area contributed by atoms with Crippen LogP contribution in [0.1, 0.15) is 24.4 Å². The van der Waals surface area contributed by atoms with Crippen LogP contribution in [0, 0.1) is 6.92 Å². The van der Waals surface area contributed by atoms with Gasteiger partial charge in [-0.2, -0.15) is 0 Å². The van der Waals surface area contributed by atoms with Crippen molar-refractivity contribution in [3.05, 3.63) is 35.3 Å². The number of halogens is 1. The Morgan fingerprint density at radius 1 is 1.38 bits per heavy atom. The number of aromatic amines is 1. The lowest BCUT2D eigenvalue weighted by Crippen LogP contribution is -2.11. The maximum atomic E-state index is 5.91. The number of hydrogen-bond donors (Lipinski definition) is 2. The molecule has 0 aliphatic carbocycles. The number of rotatable bonds is 3. The summed E-state index contributed by atoms with van der Waals surface area (Å²) in [6.07, 6.45) is 4.94.